The Labute approximate surface area is 104 Å². The number of rotatable bonds is 7. The summed E-state index contributed by atoms with van der Waals surface area (Å²) in [7, 11) is 1.58. The summed E-state index contributed by atoms with van der Waals surface area (Å²) >= 11 is 0. The second kappa shape index (κ2) is 7.28. The van der Waals surface area contributed by atoms with Gasteiger partial charge >= 0.3 is 7.32 Å². The fourth-order valence-corrected chi connectivity index (χ4v) is 1.54. The van der Waals surface area contributed by atoms with E-state index in [-0.39, 0.29) is 22.4 Å². The van der Waals surface area contributed by atoms with E-state index in [4.69, 9.17) is 14.0 Å². The third-order valence-electron chi connectivity index (χ3n) is 2.34. The molecule has 0 spiro atoms. The molecule has 0 saturated heterocycles. The summed E-state index contributed by atoms with van der Waals surface area (Å²) in [6, 6.07) is 2.58. The van der Waals surface area contributed by atoms with Gasteiger partial charge in [-0.1, -0.05) is 0 Å². The molecule has 100 valence electrons. The lowest BCUT2D eigenvalue weighted by Gasteiger charge is -2.17. The highest BCUT2D eigenvalue weighted by Crippen LogP contribution is 2.29. The van der Waals surface area contributed by atoms with Crippen LogP contribution in [0, 0.1) is 0 Å². The van der Waals surface area contributed by atoms with Crippen molar-refractivity contribution in [2.45, 2.75) is 20.0 Å². The monoisotopic (exact) mass is 262 g/mol. The molecule has 1 aromatic carbocycles. The summed E-state index contributed by atoms with van der Waals surface area (Å²) < 4.78 is 53.1. The van der Waals surface area contributed by atoms with Crippen LogP contribution in [0.2, 0.25) is 0 Å². The summed E-state index contributed by atoms with van der Waals surface area (Å²) in [4.78, 5) is 0. The highest BCUT2D eigenvalue weighted by molar-refractivity contribution is 6.37. The van der Waals surface area contributed by atoms with Crippen LogP contribution in [0.15, 0.2) is 12.1 Å². The van der Waals surface area contributed by atoms with Crippen molar-refractivity contribution in [3.05, 3.63) is 28.8 Å². The summed E-state index contributed by atoms with van der Waals surface area (Å²) in [5, 5.41) is 0. The van der Waals surface area contributed by atoms with E-state index in [1.165, 1.54) is 26.4 Å². The largest absolute Gasteiger partial charge is 0.712 e. The summed E-state index contributed by atoms with van der Waals surface area (Å²) in [5.74, 6) is -0.00843. The van der Waals surface area contributed by atoms with Crippen LogP contribution in [0.1, 0.15) is 16.7 Å². The van der Waals surface area contributed by atoms with E-state index in [1.54, 1.807) is 0 Å². The number of halogens is 3. The third kappa shape index (κ3) is 3.40. The van der Waals surface area contributed by atoms with Gasteiger partial charge < -0.3 is 14.0 Å². The minimum absolute atomic E-state index is 0.00843. The molecule has 7 heteroatoms. The Morgan fingerprint density at radius 2 is 1.44 bits per heavy atom. The minimum atomic E-state index is -1.07. The molecule has 1 rings (SSSR count). The highest BCUT2D eigenvalue weighted by atomic mass is 19.1. The molecular formula is C11H14BF3O3. The highest BCUT2D eigenvalue weighted by Gasteiger charge is 2.24. The van der Waals surface area contributed by atoms with E-state index in [0.29, 0.717) is 0 Å². The first-order valence-corrected chi connectivity index (χ1v) is 5.24. The van der Waals surface area contributed by atoms with E-state index < -0.39 is 27.3 Å². The lowest BCUT2D eigenvalue weighted by atomic mass is 10.0. The van der Waals surface area contributed by atoms with Gasteiger partial charge in [-0.05, 0) is 17.7 Å². The van der Waals surface area contributed by atoms with Crippen molar-refractivity contribution in [2.75, 3.05) is 14.2 Å². The van der Waals surface area contributed by atoms with E-state index in [1.807, 2.05) is 0 Å². The van der Waals surface area contributed by atoms with Crippen molar-refractivity contribution in [3.63, 3.8) is 0 Å². The van der Waals surface area contributed by atoms with Crippen molar-refractivity contribution >= 4 is 7.32 Å². The molecule has 0 heterocycles. The Kier molecular flexibility index (Phi) is 6.01. The standard InChI is InChI=1S/C11H14BF3O3/c1-16-12(17-2)18-11-9(6-14)3-8(5-13)4-10(11)7-15/h3-4H,5-7H2,1-2H3. The summed E-state index contributed by atoms with van der Waals surface area (Å²) in [6.45, 7) is -2.58. The fraction of sp³-hybridized carbons (Fsp3) is 0.455. The average molecular weight is 262 g/mol. The molecule has 0 atom stereocenters. The van der Waals surface area contributed by atoms with Crippen LogP contribution in [0.5, 0.6) is 5.75 Å². The molecule has 3 nitrogen and oxygen atoms in total. The fourth-order valence-electron chi connectivity index (χ4n) is 1.54. The molecule has 1 aromatic rings. The van der Waals surface area contributed by atoms with Gasteiger partial charge in [0.1, 0.15) is 25.8 Å². The number of hydrogen-bond acceptors (Lipinski definition) is 3. The Morgan fingerprint density at radius 1 is 0.944 bits per heavy atom. The van der Waals surface area contributed by atoms with Gasteiger partial charge in [0.25, 0.3) is 0 Å². The van der Waals surface area contributed by atoms with Gasteiger partial charge in [0, 0.05) is 25.3 Å². The Hall–Kier alpha value is -1.21. The molecule has 0 amide bonds. The van der Waals surface area contributed by atoms with Crippen molar-refractivity contribution in [2.24, 2.45) is 0 Å². The van der Waals surface area contributed by atoms with Gasteiger partial charge in [-0.2, -0.15) is 0 Å². The van der Waals surface area contributed by atoms with Crippen molar-refractivity contribution in [1.82, 2.24) is 0 Å². The lowest BCUT2D eigenvalue weighted by molar-refractivity contribution is 0.199. The van der Waals surface area contributed by atoms with Crippen LogP contribution in [0.3, 0.4) is 0 Å². The zero-order valence-corrected chi connectivity index (χ0v) is 10.2. The van der Waals surface area contributed by atoms with Gasteiger partial charge in [0.15, 0.2) is 0 Å². The smallest absolute Gasteiger partial charge is 0.511 e. The van der Waals surface area contributed by atoms with Gasteiger partial charge in [-0.15, -0.1) is 0 Å². The van der Waals surface area contributed by atoms with Crippen LogP contribution < -0.4 is 4.65 Å². The van der Waals surface area contributed by atoms with Gasteiger partial charge in [0.05, 0.1) is 0 Å². The number of benzene rings is 1. The molecule has 18 heavy (non-hydrogen) atoms. The first-order chi connectivity index (χ1) is 8.69. The Morgan fingerprint density at radius 3 is 1.78 bits per heavy atom. The molecule has 0 fully saturated rings. The lowest BCUT2D eigenvalue weighted by Crippen LogP contribution is -2.28. The maximum Gasteiger partial charge on any atom is 0.712 e. The molecule has 0 N–H and O–H groups in total. The first-order valence-electron chi connectivity index (χ1n) is 5.24. The SMILES string of the molecule is COB(OC)Oc1c(CF)cc(CF)cc1CF. The molecule has 0 aliphatic carbocycles. The zero-order chi connectivity index (χ0) is 13.5. The molecule has 0 unspecified atom stereocenters. The number of alkyl halides is 3. The second-order valence-corrected chi connectivity index (χ2v) is 3.52. The van der Waals surface area contributed by atoms with Crippen molar-refractivity contribution in [3.8, 4) is 5.75 Å². The normalized spacial score (nSPS) is 10.5. The molecule has 0 aliphatic heterocycles. The first kappa shape index (κ1) is 14.9. The Balaban J connectivity index is 3.13. The van der Waals surface area contributed by atoms with E-state index >= 15 is 0 Å². The topological polar surface area (TPSA) is 27.7 Å². The van der Waals surface area contributed by atoms with Crippen LogP contribution in [-0.2, 0) is 29.3 Å². The minimum Gasteiger partial charge on any atom is -0.511 e. The van der Waals surface area contributed by atoms with Gasteiger partial charge in [-0.3, -0.25) is 0 Å². The molecular weight excluding hydrogens is 248 g/mol. The maximum atomic E-state index is 12.9. The van der Waals surface area contributed by atoms with E-state index in [2.05, 4.69) is 0 Å². The molecule has 0 aromatic heterocycles. The van der Waals surface area contributed by atoms with Crippen LogP contribution in [-0.4, -0.2) is 21.5 Å². The summed E-state index contributed by atoms with van der Waals surface area (Å²) in [5.41, 5.74) is 0.336. The van der Waals surface area contributed by atoms with Gasteiger partial charge in [0.2, 0.25) is 0 Å². The van der Waals surface area contributed by atoms with Crippen LogP contribution >= 0.6 is 0 Å². The zero-order valence-electron chi connectivity index (χ0n) is 10.2. The molecule has 0 radical (unpaired) electrons. The summed E-state index contributed by atoms with van der Waals surface area (Å²) in [6.07, 6.45) is 0. The van der Waals surface area contributed by atoms with E-state index in [9.17, 15) is 13.2 Å². The maximum absolute atomic E-state index is 12.9. The van der Waals surface area contributed by atoms with E-state index in [0.717, 1.165) is 0 Å². The van der Waals surface area contributed by atoms with Crippen LogP contribution in [0.25, 0.3) is 0 Å². The molecule has 0 saturated carbocycles. The quantitative estimate of drug-likeness (QED) is 0.707. The van der Waals surface area contributed by atoms with Gasteiger partial charge in [-0.25, -0.2) is 13.2 Å². The third-order valence-corrected chi connectivity index (χ3v) is 2.34. The number of hydrogen-bond donors (Lipinski definition) is 0. The van der Waals surface area contributed by atoms with Crippen LogP contribution in [0.4, 0.5) is 13.2 Å². The van der Waals surface area contributed by atoms with Crippen molar-refractivity contribution < 1.29 is 27.1 Å². The predicted octanol–water partition coefficient (Wildman–Crippen LogP) is 2.75. The molecule has 0 aliphatic rings. The predicted molar refractivity (Wildman–Crippen MR) is 61.3 cm³/mol. The second-order valence-electron chi connectivity index (χ2n) is 3.52. The molecule has 0 bridgehead atoms. The van der Waals surface area contributed by atoms with Crippen molar-refractivity contribution in [1.29, 1.82) is 0 Å². The Bertz CT molecular complexity index is 361. The average Bonchev–Trinajstić information content (AvgIpc) is 2.43.